The maximum atomic E-state index is 12.2. The number of aromatic nitrogens is 1. The zero-order valence-electron chi connectivity index (χ0n) is 14.4. The molecular formula is C21H19N3O2. The molecule has 0 fully saturated rings. The van der Waals surface area contributed by atoms with Crippen molar-refractivity contribution in [2.45, 2.75) is 13.3 Å². The lowest BCUT2D eigenvalue weighted by atomic mass is 10.1. The number of carbonyl (C=O) groups is 2. The normalized spacial score (nSPS) is 10.2. The fourth-order valence-corrected chi connectivity index (χ4v) is 2.42. The minimum Gasteiger partial charge on any atom is -0.326 e. The maximum absolute atomic E-state index is 12.2. The second kappa shape index (κ2) is 8.07. The van der Waals surface area contributed by atoms with E-state index in [1.165, 1.54) is 0 Å². The highest BCUT2D eigenvalue weighted by molar-refractivity contribution is 6.04. The van der Waals surface area contributed by atoms with Gasteiger partial charge >= 0.3 is 0 Å². The molecule has 0 saturated heterocycles. The van der Waals surface area contributed by atoms with Gasteiger partial charge in [0.15, 0.2) is 0 Å². The van der Waals surface area contributed by atoms with Gasteiger partial charge in [0, 0.05) is 28.8 Å². The minimum atomic E-state index is -0.170. The summed E-state index contributed by atoms with van der Waals surface area (Å²) in [6.45, 7) is 1.97. The van der Waals surface area contributed by atoms with Crippen molar-refractivity contribution in [1.29, 1.82) is 0 Å². The predicted molar refractivity (Wildman–Crippen MR) is 102 cm³/mol. The van der Waals surface area contributed by atoms with Crippen LogP contribution in [-0.2, 0) is 11.2 Å². The van der Waals surface area contributed by atoms with Crippen LogP contribution in [0.1, 0.15) is 21.6 Å². The standard InChI is InChI=1S/C21H19N3O2/c1-15-5-7-16(8-6-15)21(26)24-18-11-9-17(10-12-18)23-20(25)14-19-4-2-3-13-22-19/h2-13H,14H2,1H3,(H,23,25)(H,24,26). The molecule has 3 rings (SSSR count). The number of hydrogen-bond donors (Lipinski definition) is 2. The molecule has 0 spiro atoms. The summed E-state index contributed by atoms with van der Waals surface area (Å²) in [5, 5.41) is 5.65. The smallest absolute Gasteiger partial charge is 0.255 e. The van der Waals surface area contributed by atoms with Crippen LogP contribution in [0.25, 0.3) is 0 Å². The molecule has 2 amide bonds. The molecule has 130 valence electrons. The molecule has 0 saturated carbocycles. The molecule has 0 unspecified atom stereocenters. The maximum Gasteiger partial charge on any atom is 0.255 e. The fraction of sp³-hybridized carbons (Fsp3) is 0.0952. The van der Waals surface area contributed by atoms with Gasteiger partial charge in [0.1, 0.15) is 0 Å². The third kappa shape index (κ3) is 4.77. The molecular weight excluding hydrogens is 326 g/mol. The first-order valence-corrected chi connectivity index (χ1v) is 8.28. The SMILES string of the molecule is Cc1ccc(C(=O)Nc2ccc(NC(=O)Cc3ccccn3)cc2)cc1. The third-order valence-corrected chi connectivity index (χ3v) is 3.81. The minimum absolute atomic E-state index is 0.139. The Balaban J connectivity index is 1.57. The molecule has 0 aliphatic heterocycles. The van der Waals surface area contributed by atoms with Crippen molar-refractivity contribution in [1.82, 2.24) is 4.98 Å². The van der Waals surface area contributed by atoms with Crippen LogP contribution in [-0.4, -0.2) is 16.8 Å². The summed E-state index contributed by atoms with van der Waals surface area (Å²) >= 11 is 0. The van der Waals surface area contributed by atoms with Gasteiger partial charge in [-0.25, -0.2) is 0 Å². The van der Waals surface area contributed by atoms with Crippen LogP contribution in [0.3, 0.4) is 0 Å². The number of benzene rings is 2. The van der Waals surface area contributed by atoms with Gasteiger partial charge in [-0.3, -0.25) is 14.6 Å². The van der Waals surface area contributed by atoms with Gasteiger partial charge in [0.2, 0.25) is 5.91 Å². The van der Waals surface area contributed by atoms with E-state index >= 15 is 0 Å². The van der Waals surface area contributed by atoms with Crippen LogP contribution in [0.5, 0.6) is 0 Å². The molecule has 0 aliphatic carbocycles. The first kappa shape index (κ1) is 17.4. The van der Waals surface area contributed by atoms with Crippen molar-refractivity contribution in [3.8, 4) is 0 Å². The third-order valence-electron chi connectivity index (χ3n) is 3.81. The molecule has 5 heteroatoms. The highest BCUT2D eigenvalue weighted by Crippen LogP contribution is 2.15. The molecule has 1 aromatic heterocycles. The van der Waals surface area contributed by atoms with Gasteiger partial charge in [0.25, 0.3) is 5.91 Å². The van der Waals surface area contributed by atoms with Crippen LogP contribution in [0, 0.1) is 6.92 Å². The number of aryl methyl sites for hydroxylation is 1. The van der Waals surface area contributed by atoms with E-state index < -0.39 is 0 Å². The highest BCUT2D eigenvalue weighted by Gasteiger charge is 2.07. The van der Waals surface area contributed by atoms with E-state index in [1.807, 2.05) is 37.3 Å². The van der Waals surface area contributed by atoms with Gasteiger partial charge in [0.05, 0.1) is 6.42 Å². The van der Waals surface area contributed by atoms with E-state index in [0.29, 0.717) is 22.6 Å². The van der Waals surface area contributed by atoms with E-state index in [9.17, 15) is 9.59 Å². The Kier molecular flexibility index (Phi) is 5.39. The highest BCUT2D eigenvalue weighted by atomic mass is 16.2. The van der Waals surface area contributed by atoms with E-state index in [1.54, 1.807) is 42.6 Å². The van der Waals surface area contributed by atoms with Crippen LogP contribution in [0.2, 0.25) is 0 Å². The summed E-state index contributed by atoms with van der Waals surface area (Å²) in [6.07, 6.45) is 1.88. The predicted octanol–water partition coefficient (Wildman–Crippen LogP) is 3.82. The number of amides is 2. The lowest BCUT2D eigenvalue weighted by molar-refractivity contribution is -0.115. The molecule has 26 heavy (non-hydrogen) atoms. The van der Waals surface area contributed by atoms with E-state index in [0.717, 1.165) is 5.56 Å². The van der Waals surface area contributed by atoms with Gasteiger partial charge in [-0.2, -0.15) is 0 Å². The summed E-state index contributed by atoms with van der Waals surface area (Å²) in [4.78, 5) is 28.4. The number of pyridine rings is 1. The first-order valence-electron chi connectivity index (χ1n) is 8.28. The Morgan fingerprint density at radius 1 is 0.846 bits per heavy atom. The zero-order valence-corrected chi connectivity index (χ0v) is 14.4. The topological polar surface area (TPSA) is 71.1 Å². The second-order valence-electron chi connectivity index (χ2n) is 5.94. The largest absolute Gasteiger partial charge is 0.326 e. The molecule has 0 atom stereocenters. The van der Waals surface area contributed by atoms with Gasteiger partial charge in [-0.15, -0.1) is 0 Å². The van der Waals surface area contributed by atoms with E-state index in [-0.39, 0.29) is 18.2 Å². The number of nitrogens with zero attached hydrogens (tertiary/aromatic N) is 1. The Hall–Kier alpha value is -3.47. The van der Waals surface area contributed by atoms with Crippen molar-refractivity contribution < 1.29 is 9.59 Å². The number of carbonyl (C=O) groups excluding carboxylic acids is 2. The fourth-order valence-electron chi connectivity index (χ4n) is 2.42. The molecule has 2 aromatic carbocycles. The molecule has 0 radical (unpaired) electrons. The molecule has 0 aliphatic rings. The van der Waals surface area contributed by atoms with Gasteiger partial charge in [-0.05, 0) is 55.5 Å². The van der Waals surface area contributed by atoms with Crippen LogP contribution in [0.15, 0.2) is 72.9 Å². The number of rotatable bonds is 5. The van der Waals surface area contributed by atoms with Crippen molar-refractivity contribution in [3.63, 3.8) is 0 Å². The van der Waals surface area contributed by atoms with Gasteiger partial charge in [-0.1, -0.05) is 23.8 Å². The average Bonchev–Trinajstić information content (AvgIpc) is 2.64. The lowest BCUT2D eigenvalue weighted by Gasteiger charge is -2.08. The summed E-state index contributed by atoms with van der Waals surface area (Å²) in [6, 6.07) is 19.8. The summed E-state index contributed by atoms with van der Waals surface area (Å²) in [5.41, 5.74) is 3.75. The van der Waals surface area contributed by atoms with Crippen LogP contribution >= 0.6 is 0 Å². The van der Waals surface area contributed by atoms with Crippen molar-refractivity contribution >= 4 is 23.2 Å². The number of anilines is 2. The summed E-state index contributed by atoms with van der Waals surface area (Å²) in [7, 11) is 0. The molecule has 2 N–H and O–H groups in total. The second-order valence-corrected chi connectivity index (χ2v) is 5.94. The Morgan fingerprint density at radius 3 is 2.12 bits per heavy atom. The Bertz CT molecular complexity index is 889. The number of hydrogen-bond acceptors (Lipinski definition) is 3. The van der Waals surface area contributed by atoms with E-state index in [2.05, 4.69) is 15.6 Å². The van der Waals surface area contributed by atoms with Crippen LogP contribution < -0.4 is 10.6 Å². The number of nitrogens with one attached hydrogen (secondary N) is 2. The average molecular weight is 345 g/mol. The summed E-state index contributed by atoms with van der Waals surface area (Å²) in [5.74, 6) is -0.308. The summed E-state index contributed by atoms with van der Waals surface area (Å²) < 4.78 is 0. The Morgan fingerprint density at radius 2 is 1.50 bits per heavy atom. The molecule has 0 bridgehead atoms. The first-order chi connectivity index (χ1) is 12.6. The zero-order chi connectivity index (χ0) is 18.4. The molecule has 1 heterocycles. The monoisotopic (exact) mass is 345 g/mol. The van der Waals surface area contributed by atoms with Crippen LogP contribution in [0.4, 0.5) is 11.4 Å². The molecule has 3 aromatic rings. The quantitative estimate of drug-likeness (QED) is 0.738. The lowest BCUT2D eigenvalue weighted by Crippen LogP contribution is -2.15. The van der Waals surface area contributed by atoms with Gasteiger partial charge < -0.3 is 10.6 Å². The van der Waals surface area contributed by atoms with E-state index in [4.69, 9.17) is 0 Å². The van der Waals surface area contributed by atoms with Crippen molar-refractivity contribution in [2.24, 2.45) is 0 Å². The van der Waals surface area contributed by atoms with Crippen molar-refractivity contribution in [2.75, 3.05) is 10.6 Å². The van der Waals surface area contributed by atoms with Crippen molar-refractivity contribution in [3.05, 3.63) is 89.7 Å². The molecule has 5 nitrogen and oxygen atoms in total. The Labute approximate surface area is 152 Å².